The van der Waals surface area contributed by atoms with Gasteiger partial charge < -0.3 is 16.0 Å². The van der Waals surface area contributed by atoms with Gasteiger partial charge in [0.15, 0.2) is 0 Å². The van der Waals surface area contributed by atoms with Crippen LogP contribution in [0.4, 0.5) is 4.79 Å². The van der Waals surface area contributed by atoms with Crippen LogP contribution in [0.15, 0.2) is 24.4 Å². The van der Waals surface area contributed by atoms with Gasteiger partial charge in [0.1, 0.15) is 0 Å². The molecule has 1 aliphatic rings. The molecule has 1 unspecified atom stereocenters. The Kier molecular flexibility index (Phi) is 3.02. The van der Waals surface area contributed by atoms with Crippen LogP contribution in [-0.2, 0) is 0 Å². The summed E-state index contributed by atoms with van der Waals surface area (Å²) in [5.41, 5.74) is 6.25. The lowest BCUT2D eigenvalue weighted by Gasteiger charge is -2.33. The number of aromatic nitrogens is 1. The average Bonchev–Trinajstić information content (AvgIpc) is 2.73. The second-order valence-electron chi connectivity index (χ2n) is 4.88. The van der Waals surface area contributed by atoms with Crippen molar-refractivity contribution in [1.82, 2.24) is 15.2 Å². The molecule has 5 nitrogen and oxygen atoms in total. The molecule has 92 valence electrons. The number of pyridine rings is 1. The van der Waals surface area contributed by atoms with E-state index in [0.717, 1.165) is 5.69 Å². The standard InChI is InChI=1S/C12H18N4O/c1-12(2,8-13)16-7-10(15-11(16)17)9-5-3-4-6-14-9/h3-6,10H,7-8,13H2,1-2H3,(H,15,17). The van der Waals surface area contributed by atoms with E-state index in [9.17, 15) is 4.79 Å². The highest BCUT2D eigenvalue weighted by atomic mass is 16.2. The van der Waals surface area contributed by atoms with Gasteiger partial charge in [0.05, 0.1) is 17.3 Å². The van der Waals surface area contributed by atoms with E-state index in [4.69, 9.17) is 5.73 Å². The van der Waals surface area contributed by atoms with Crippen molar-refractivity contribution in [2.45, 2.75) is 25.4 Å². The van der Waals surface area contributed by atoms with Crippen LogP contribution in [-0.4, -0.2) is 34.5 Å². The molecule has 5 heteroatoms. The Morgan fingerprint density at radius 1 is 1.59 bits per heavy atom. The first-order valence-corrected chi connectivity index (χ1v) is 5.74. The van der Waals surface area contributed by atoms with Gasteiger partial charge in [-0.2, -0.15) is 0 Å². The molecule has 2 rings (SSSR count). The Labute approximate surface area is 101 Å². The summed E-state index contributed by atoms with van der Waals surface area (Å²) in [6.07, 6.45) is 1.73. The third kappa shape index (κ3) is 2.24. The minimum absolute atomic E-state index is 0.0467. The summed E-state index contributed by atoms with van der Waals surface area (Å²) in [7, 11) is 0. The molecule has 0 radical (unpaired) electrons. The lowest BCUT2D eigenvalue weighted by Crippen LogP contribution is -2.50. The van der Waals surface area contributed by atoms with E-state index < -0.39 is 0 Å². The molecule has 0 aromatic carbocycles. The number of rotatable bonds is 3. The maximum atomic E-state index is 11.9. The summed E-state index contributed by atoms with van der Waals surface area (Å²) in [6, 6.07) is 5.59. The number of amides is 2. The molecule has 1 saturated heterocycles. The van der Waals surface area contributed by atoms with Crippen LogP contribution in [0.2, 0.25) is 0 Å². The van der Waals surface area contributed by atoms with E-state index in [2.05, 4.69) is 10.3 Å². The van der Waals surface area contributed by atoms with E-state index in [1.54, 1.807) is 11.1 Å². The van der Waals surface area contributed by atoms with Crippen LogP contribution in [0, 0.1) is 0 Å². The third-order valence-electron chi connectivity index (χ3n) is 3.18. The van der Waals surface area contributed by atoms with E-state index in [1.165, 1.54) is 0 Å². The Morgan fingerprint density at radius 2 is 2.35 bits per heavy atom. The van der Waals surface area contributed by atoms with Crippen molar-refractivity contribution in [2.24, 2.45) is 5.73 Å². The van der Waals surface area contributed by atoms with Crippen molar-refractivity contribution in [1.29, 1.82) is 0 Å². The van der Waals surface area contributed by atoms with Gasteiger partial charge in [-0.15, -0.1) is 0 Å². The summed E-state index contributed by atoms with van der Waals surface area (Å²) in [4.78, 5) is 17.9. The topological polar surface area (TPSA) is 71.2 Å². The number of urea groups is 1. The third-order valence-corrected chi connectivity index (χ3v) is 3.18. The van der Waals surface area contributed by atoms with Gasteiger partial charge in [-0.3, -0.25) is 4.98 Å². The normalized spacial score (nSPS) is 20.5. The van der Waals surface area contributed by atoms with E-state index in [-0.39, 0.29) is 17.6 Å². The maximum Gasteiger partial charge on any atom is 0.318 e. The maximum absolute atomic E-state index is 11.9. The second-order valence-corrected chi connectivity index (χ2v) is 4.88. The Hall–Kier alpha value is -1.62. The monoisotopic (exact) mass is 234 g/mol. The fraction of sp³-hybridized carbons (Fsp3) is 0.500. The Morgan fingerprint density at radius 3 is 2.94 bits per heavy atom. The van der Waals surface area contributed by atoms with Crippen LogP contribution in [0.1, 0.15) is 25.6 Å². The molecule has 3 N–H and O–H groups in total. The molecule has 1 aliphatic heterocycles. The number of nitrogens with zero attached hydrogens (tertiary/aromatic N) is 2. The minimum Gasteiger partial charge on any atom is -0.328 e. The molecule has 2 heterocycles. The predicted octanol–water partition coefficient (Wildman–Crippen LogP) is 0.885. The van der Waals surface area contributed by atoms with Crippen LogP contribution < -0.4 is 11.1 Å². The summed E-state index contributed by atoms with van der Waals surface area (Å²) in [6.45, 7) is 4.98. The first kappa shape index (κ1) is 11.9. The zero-order chi connectivity index (χ0) is 12.5. The van der Waals surface area contributed by atoms with E-state index >= 15 is 0 Å². The van der Waals surface area contributed by atoms with Gasteiger partial charge in [-0.25, -0.2) is 4.79 Å². The lowest BCUT2D eigenvalue weighted by atomic mass is 10.0. The number of hydrogen-bond donors (Lipinski definition) is 2. The molecule has 17 heavy (non-hydrogen) atoms. The van der Waals surface area contributed by atoms with Crippen molar-refractivity contribution >= 4 is 6.03 Å². The van der Waals surface area contributed by atoms with Crippen molar-refractivity contribution in [2.75, 3.05) is 13.1 Å². The summed E-state index contributed by atoms with van der Waals surface area (Å²) in [5.74, 6) is 0. The zero-order valence-corrected chi connectivity index (χ0v) is 10.2. The van der Waals surface area contributed by atoms with Crippen molar-refractivity contribution in [3.63, 3.8) is 0 Å². The minimum atomic E-state index is -0.326. The smallest absolute Gasteiger partial charge is 0.318 e. The quantitative estimate of drug-likeness (QED) is 0.815. The van der Waals surface area contributed by atoms with Crippen LogP contribution in [0.3, 0.4) is 0 Å². The second kappa shape index (κ2) is 4.33. The molecule has 1 aromatic rings. The highest BCUT2D eigenvalue weighted by molar-refractivity contribution is 5.78. The summed E-state index contributed by atoms with van der Waals surface area (Å²) >= 11 is 0. The first-order chi connectivity index (χ1) is 8.04. The predicted molar refractivity (Wildman–Crippen MR) is 65.3 cm³/mol. The van der Waals surface area contributed by atoms with Crippen LogP contribution >= 0.6 is 0 Å². The van der Waals surface area contributed by atoms with Gasteiger partial charge in [-0.05, 0) is 26.0 Å². The molecule has 0 saturated carbocycles. The fourth-order valence-electron chi connectivity index (χ4n) is 1.92. The van der Waals surface area contributed by atoms with Crippen molar-refractivity contribution in [3.8, 4) is 0 Å². The molecule has 2 amide bonds. The Bertz CT molecular complexity index is 404. The molecule has 0 bridgehead atoms. The summed E-state index contributed by atoms with van der Waals surface area (Å²) in [5, 5.41) is 2.93. The highest BCUT2D eigenvalue weighted by Crippen LogP contribution is 2.24. The molecule has 1 atom stereocenters. The lowest BCUT2D eigenvalue weighted by molar-refractivity contribution is 0.163. The fourth-order valence-corrected chi connectivity index (χ4v) is 1.92. The molecular weight excluding hydrogens is 216 g/mol. The number of hydrogen-bond acceptors (Lipinski definition) is 3. The molecular formula is C12H18N4O. The van der Waals surface area contributed by atoms with Crippen LogP contribution in [0.5, 0.6) is 0 Å². The van der Waals surface area contributed by atoms with Gasteiger partial charge in [-0.1, -0.05) is 6.07 Å². The Balaban J connectivity index is 2.16. The van der Waals surface area contributed by atoms with E-state index in [1.807, 2.05) is 32.0 Å². The van der Waals surface area contributed by atoms with E-state index in [0.29, 0.717) is 13.1 Å². The highest BCUT2D eigenvalue weighted by Gasteiger charge is 2.38. The largest absolute Gasteiger partial charge is 0.328 e. The van der Waals surface area contributed by atoms with Crippen molar-refractivity contribution in [3.05, 3.63) is 30.1 Å². The first-order valence-electron chi connectivity index (χ1n) is 5.74. The van der Waals surface area contributed by atoms with Crippen molar-refractivity contribution < 1.29 is 4.79 Å². The van der Waals surface area contributed by atoms with Gasteiger partial charge in [0.2, 0.25) is 0 Å². The van der Waals surface area contributed by atoms with Gasteiger partial charge in [0, 0.05) is 19.3 Å². The molecule has 0 aliphatic carbocycles. The SMILES string of the molecule is CC(C)(CN)N1CC(c2ccccn2)NC1=O. The number of carbonyl (C=O) groups excluding carboxylic acids is 1. The van der Waals surface area contributed by atoms with Gasteiger partial charge >= 0.3 is 6.03 Å². The molecule has 0 spiro atoms. The molecule has 1 aromatic heterocycles. The average molecular weight is 234 g/mol. The number of nitrogens with one attached hydrogen (secondary N) is 1. The van der Waals surface area contributed by atoms with Crippen LogP contribution in [0.25, 0.3) is 0 Å². The summed E-state index contributed by atoms with van der Waals surface area (Å²) < 4.78 is 0. The zero-order valence-electron chi connectivity index (χ0n) is 10.2. The number of carbonyl (C=O) groups is 1. The molecule has 1 fully saturated rings. The van der Waals surface area contributed by atoms with Gasteiger partial charge in [0.25, 0.3) is 0 Å². The number of nitrogens with two attached hydrogens (primary N) is 1.